The van der Waals surface area contributed by atoms with E-state index < -0.39 is 0 Å². The van der Waals surface area contributed by atoms with Crippen LogP contribution in [0.2, 0.25) is 0 Å². The van der Waals surface area contributed by atoms with Gasteiger partial charge >= 0.3 is 0 Å². The Labute approximate surface area is 104 Å². The fourth-order valence-corrected chi connectivity index (χ4v) is 2.93. The lowest BCUT2D eigenvalue weighted by atomic mass is 9.94. The number of rotatable bonds is 3. The Morgan fingerprint density at radius 1 is 1.29 bits per heavy atom. The number of hydrogen-bond acceptors (Lipinski definition) is 4. The number of anilines is 1. The van der Waals surface area contributed by atoms with Crippen LogP contribution in [0.3, 0.4) is 0 Å². The highest BCUT2D eigenvalue weighted by Gasteiger charge is 2.28. The van der Waals surface area contributed by atoms with Gasteiger partial charge in [0, 0.05) is 11.8 Å². The van der Waals surface area contributed by atoms with Crippen molar-refractivity contribution in [3.8, 4) is 0 Å². The van der Waals surface area contributed by atoms with E-state index in [1.165, 1.54) is 24.2 Å². The number of allylic oxidation sites excluding steroid dienone is 2. The molecular weight excluding hydrogens is 234 g/mol. The first-order valence-electron chi connectivity index (χ1n) is 6.12. The average molecular weight is 249 g/mol. The second-order valence-corrected chi connectivity index (χ2v) is 5.70. The van der Waals surface area contributed by atoms with Crippen LogP contribution in [0.5, 0.6) is 0 Å². The molecule has 1 amide bonds. The highest BCUT2D eigenvalue weighted by molar-refractivity contribution is 7.15. The van der Waals surface area contributed by atoms with E-state index in [1.807, 2.05) is 0 Å². The normalized spacial score (nSPS) is 23.6. The van der Waals surface area contributed by atoms with Gasteiger partial charge in [-0.1, -0.05) is 23.5 Å². The summed E-state index contributed by atoms with van der Waals surface area (Å²) in [6.07, 6.45) is 9.45. The second-order valence-electron chi connectivity index (χ2n) is 4.69. The highest BCUT2D eigenvalue weighted by atomic mass is 32.1. The molecule has 1 saturated carbocycles. The van der Waals surface area contributed by atoms with E-state index in [0.29, 0.717) is 11.0 Å². The molecule has 1 heterocycles. The Morgan fingerprint density at radius 2 is 2.18 bits per heavy atom. The van der Waals surface area contributed by atoms with Crippen molar-refractivity contribution in [2.45, 2.75) is 38.0 Å². The van der Waals surface area contributed by atoms with Crippen LogP contribution < -0.4 is 5.32 Å². The van der Waals surface area contributed by atoms with E-state index in [9.17, 15) is 4.79 Å². The van der Waals surface area contributed by atoms with Crippen LogP contribution in [0.4, 0.5) is 5.13 Å². The first-order valence-corrected chi connectivity index (χ1v) is 6.94. The predicted octanol–water partition coefficient (Wildman–Crippen LogP) is 2.71. The summed E-state index contributed by atoms with van der Waals surface area (Å²) >= 11 is 1.52. The fourth-order valence-electron chi connectivity index (χ4n) is 2.02. The molecule has 3 rings (SSSR count). The zero-order valence-electron chi connectivity index (χ0n) is 9.56. The van der Waals surface area contributed by atoms with Gasteiger partial charge in [-0.3, -0.25) is 4.79 Å². The van der Waals surface area contributed by atoms with E-state index in [0.717, 1.165) is 24.3 Å². The van der Waals surface area contributed by atoms with Gasteiger partial charge in [0.05, 0.1) is 0 Å². The van der Waals surface area contributed by atoms with Gasteiger partial charge in [0.15, 0.2) is 0 Å². The molecule has 0 saturated heterocycles. The lowest BCUT2D eigenvalue weighted by Gasteiger charge is -2.15. The quantitative estimate of drug-likeness (QED) is 0.838. The van der Waals surface area contributed by atoms with E-state index in [4.69, 9.17) is 0 Å². The molecule has 2 aliphatic rings. The molecule has 1 aromatic rings. The summed E-state index contributed by atoms with van der Waals surface area (Å²) in [5, 5.41) is 12.8. The van der Waals surface area contributed by atoms with Gasteiger partial charge in [0.1, 0.15) is 5.01 Å². The molecule has 2 aliphatic carbocycles. The number of carbonyl (C=O) groups excluding carboxylic acids is 1. The summed E-state index contributed by atoms with van der Waals surface area (Å²) in [5.74, 6) is 0.803. The van der Waals surface area contributed by atoms with Crippen LogP contribution in [0.1, 0.15) is 43.0 Å². The molecule has 0 unspecified atom stereocenters. The summed E-state index contributed by atoms with van der Waals surface area (Å²) in [5.41, 5.74) is 0. The lowest BCUT2D eigenvalue weighted by molar-refractivity contribution is -0.120. The zero-order chi connectivity index (χ0) is 11.7. The minimum atomic E-state index is 0.0906. The summed E-state index contributed by atoms with van der Waals surface area (Å²) < 4.78 is 0. The van der Waals surface area contributed by atoms with Gasteiger partial charge in [-0.25, -0.2) is 0 Å². The smallest absolute Gasteiger partial charge is 0.229 e. The summed E-state index contributed by atoms with van der Waals surface area (Å²) in [7, 11) is 0. The number of nitrogens with one attached hydrogen (secondary N) is 1. The maximum absolute atomic E-state index is 12.0. The minimum absolute atomic E-state index is 0.0906. The third kappa shape index (κ3) is 2.54. The predicted molar refractivity (Wildman–Crippen MR) is 67.0 cm³/mol. The molecule has 0 aliphatic heterocycles. The Morgan fingerprint density at radius 3 is 2.88 bits per heavy atom. The monoisotopic (exact) mass is 249 g/mol. The lowest BCUT2D eigenvalue weighted by Crippen LogP contribution is -2.23. The van der Waals surface area contributed by atoms with Crippen molar-refractivity contribution in [1.82, 2.24) is 10.2 Å². The van der Waals surface area contributed by atoms with E-state index in [1.54, 1.807) is 0 Å². The van der Waals surface area contributed by atoms with Crippen LogP contribution >= 0.6 is 11.3 Å². The SMILES string of the molecule is O=C(Nc1nnc(C2CC2)s1)[C@H]1CC=CCC1. The van der Waals surface area contributed by atoms with Gasteiger partial charge < -0.3 is 5.32 Å². The molecule has 0 bridgehead atoms. The van der Waals surface area contributed by atoms with Crippen LogP contribution in [-0.2, 0) is 4.79 Å². The molecule has 1 N–H and O–H groups in total. The van der Waals surface area contributed by atoms with Crippen molar-refractivity contribution in [2.24, 2.45) is 5.92 Å². The largest absolute Gasteiger partial charge is 0.300 e. The van der Waals surface area contributed by atoms with E-state index in [-0.39, 0.29) is 11.8 Å². The van der Waals surface area contributed by atoms with Crippen LogP contribution in [0.25, 0.3) is 0 Å². The molecule has 4 nitrogen and oxygen atoms in total. The number of hydrogen-bond donors (Lipinski definition) is 1. The van der Waals surface area contributed by atoms with Crippen LogP contribution in [-0.4, -0.2) is 16.1 Å². The Kier molecular flexibility index (Phi) is 2.93. The van der Waals surface area contributed by atoms with Gasteiger partial charge in [-0.05, 0) is 32.1 Å². The van der Waals surface area contributed by atoms with Gasteiger partial charge in [-0.15, -0.1) is 10.2 Å². The number of amides is 1. The Balaban J connectivity index is 1.60. The highest BCUT2D eigenvalue weighted by Crippen LogP contribution is 2.42. The van der Waals surface area contributed by atoms with Crippen molar-refractivity contribution < 1.29 is 4.79 Å². The zero-order valence-corrected chi connectivity index (χ0v) is 10.4. The summed E-state index contributed by atoms with van der Waals surface area (Å²) in [6, 6.07) is 0. The second kappa shape index (κ2) is 4.56. The number of nitrogens with zero attached hydrogens (tertiary/aromatic N) is 2. The molecule has 90 valence electrons. The van der Waals surface area contributed by atoms with Crippen molar-refractivity contribution in [2.75, 3.05) is 5.32 Å². The van der Waals surface area contributed by atoms with Crippen LogP contribution in [0.15, 0.2) is 12.2 Å². The molecule has 0 spiro atoms. The maximum atomic E-state index is 12.0. The average Bonchev–Trinajstić information content (AvgIpc) is 3.12. The fraction of sp³-hybridized carbons (Fsp3) is 0.583. The third-order valence-electron chi connectivity index (χ3n) is 3.24. The number of aromatic nitrogens is 2. The van der Waals surface area contributed by atoms with Gasteiger partial charge in [0.25, 0.3) is 0 Å². The molecule has 5 heteroatoms. The van der Waals surface area contributed by atoms with Crippen molar-refractivity contribution in [3.05, 3.63) is 17.2 Å². The number of carbonyl (C=O) groups is 1. The summed E-state index contributed by atoms with van der Waals surface area (Å²) in [4.78, 5) is 12.0. The molecule has 0 aromatic carbocycles. The molecule has 1 atom stereocenters. The van der Waals surface area contributed by atoms with Crippen LogP contribution in [0, 0.1) is 5.92 Å². The van der Waals surface area contributed by atoms with Gasteiger partial charge in [-0.2, -0.15) is 0 Å². The topological polar surface area (TPSA) is 54.9 Å². The molecule has 17 heavy (non-hydrogen) atoms. The maximum Gasteiger partial charge on any atom is 0.229 e. The van der Waals surface area contributed by atoms with E-state index in [2.05, 4.69) is 27.7 Å². The first kappa shape index (κ1) is 10.9. The first-order chi connectivity index (χ1) is 8.33. The van der Waals surface area contributed by atoms with E-state index >= 15 is 0 Å². The summed E-state index contributed by atoms with van der Waals surface area (Å²) in [6.45, 7) is 0. The van der Waals surface area contributed by atoms with Crippen molar-refractivity contribution in [1.29, 1.82) is 0 Å². The van der Waals surface area contributed by atoms with Crippen molar-refractivity contribution in [3.63, 3.8) is 0 Å². The standard InChI is InChI=1S/C12H15N3OS/c16-10(8-4-2-1-3-5-8)13-12-15-14-11(17-12)9-6-7-9/h1-2,8-9H,3-7H2,(H,13,15,16)/t8-/m0/s1. The molecular formula is C12H15N3OS. The molecule has 0 radical (unpaired) electrons. The Hall–Kier alpha value is -1.23. The molecule has 1 aromatic heterocycles. The third-order valence-corrected chi connectivity index (χ3v) is 4.24. The van der Waals surface area contributed by atoms with Crippen molar-refractivity contribution >= 4 is 22.4 Å². The Bertz CT molecular complexity index is 450. The van der Waals surface area contributed by atoms with Gasteiger partial charge in [0.2, 0.25) is 11.0 Å². The molecule has 1 fully saturated rings. The minimum Gasteiger partial charge on any atom is -0.300 e.